The van der Waals surface area contributed by atoms with Crippen LogP contribution in [0.4, 0.5) is 0 Å². The van der Waals surface area contributed by atoms with E-state index in [0.29, 0.717) is 24.3 Å². The van der Waals surface area contributed by atoms with Gasteiger partial charge in [-0.3, -0.25) is 19.6 Å². The lowest BCUT2D eigenvalue weighted by Gasteiger charge is -2.40. The topological polar surface area (TPSA) is 81.3 Å². The van der Waals surface area contributed by atoms with Crippen LogP contribution in [-0.4, -0.2) is 64.5 Å². The molecule has 1 fully saturated rings. The van der Waals surface area contributed by atoms with Gasteiger partial charge in [-0.2, -0.15) is 5.10 Å². The summed E-state index contributed by atoms with van der Waals surface area (Å²) in [6.07, 6.45) is 1.52. The Kier molecular flexibility index (Phi) is 5.14. The predicted octanol–water partition coefficient (Wildman–Crippen LogP) is 0.791. The number of aromatic amines is 1. The molecule has 0 saturated carbocycles. The zero-order chi connectivity index (χ0) is 17.8. The Hall–Kier alpha value is -2.67. The Morgan fingerprint density at radius 2 is 2.04 bits per heavy atom. The Balaban J connectivity index is 1.76. The molecule has 1 aliphatic heterocycles. The average molecular weight is 341 g/mol. The number of carbonyl (C=O) groups excluding carboxylic acids is 2. The van der Waals surface area contributed by atoms with Crippen molar-refractivity contribution in [2.45, 2.75) is 19.5 Å². The molecule has 1 aliphatic rings. The number of carbonyl (C=O) groups is 2. The van der Waals surface area contributed by atoms with Crippen molar-refractivity contribution in [2.24, 2.45) is 0 Å². The second-order valence-corrected chi connectivity index (χ2v) is 6.26. The van der Waals surface area contributed by atoms with Gasteiger partial charge in [0.05, 0.1) is 11.8 Å². The fraction of sp³-hybridized carbons (Fsp3) is 0.389. The molecule has 3 rings (SSSR count). The van der Waals surface area contributed by atoms with Gasteiger partial charge in [-0.15, -0.1) is 0 Å². The van der Waals surface area contributed by atoms with Gasteiger partial charge < -0.3 is 10.2 Å². The molecule has 1 unspecified atom stereocenters. The molecule has 7 heteroatoms. The summed E-state index contributed by atoms with van der Waals surface area (Å²) in [5, 5.41) is 9.38. The van der Waals surface area contributed by atoms with Gasteiger partial charge in [0.15, 0.2) is 0 Å². The molecule has 2 heterocycles. The van der Waals surface area contributed by atoms with Crippen molar-refractivity contribution < 1.29 is 9.59 Å². The molecular formula is C18H23N5O2. The van der Waals surface area contributed by atoms with Gasteiger partial charge in [0.2, 0.25) is 5.91 Å². The molecule has 1 saturated heterocycles. The van der Waals surface area contributed by atoms with E-state index in [0.717, 1.165) is 13.1 Å². The van der Waals surface area contributed by atoms with Crippen LogP contribution < -0.4 is 5.32 Å². The maximum atomic E-state index is 12.8. The zero-order valence-corrected chi connectivity index (χ0v) is 14.5. The Labute approximate surface area is 147 Å². The molecule has 7 nitrogen and oxygen atoms in total. The third-order valence-electron chi connectivity index (χ3n) is 4.58. The van der Waals surface area contributed by atoms with Crippen molar-refractivity contribution >= 4 is 11.8 Å². The molecule has 1 atom stereocenters. The summed E-state index contributed by atoms with van der Waals surface area (Å²) in [6.45, 7) is 4.32. The third-order valence-corrected chi connectivity index (χ3v) is 4.58. The van der Waals surface area contributed by atoms with E-state index in [1.54, 1.807) is 18.9 Å². The van der Waals surface area contributed by atoms with Crippen molar-refractivity contribution in [3.05, 3.63) is 53.3 Å². The van der Waals surface area contributed by atoms with Gasteiger partial charge in [-0.05, 0) is 12.5 Å². The molecule has 1 aromatic heterocycles. The number of amides is 2. The van der Waals surface area contributed by atoms with Crippen LogP contribution in [0.1, 0.15) is 21.6 Å². The molecule has 0 aliphatic carbocycles. The van der Waals surface area contributed by atoms with Gasteiger partial charge >= 0.3 is 0 Å². The lowest BCUT2D eigenvalue weighted by Crippen LogP contribution is -2.60. The Bertz CT molecular complexity index is 743. The first-order valence-electron chi connectivity index (χ1n) is 8.39. The SMILES string of the molecule is CNC(=O)C1CN(Cc2ccccc2)CCN1C(=O)c1cn[nH]c1C. The third kappa shape index (κ3) is 3.71. The van der Waals surface area contributed by atoms with Gasteiger partial charge in [0.1, 0.15) is 6.04 Å². The molecule has 132 valence electrons. The maximum Gasteiger partial charge on any atom is 0.258 e. The highest BCUT2D eigenvalue weighted by molar-refractivity contribution is 5.98. The Morgan fingerprint density at radius 1 is 1.28 bits per heavy atom. The normalized spacial score (nSPS) is 18.2. The number of aromatic nitrogens is 2. The maximum absolute atomic E-state index is 12.8. The molecule has 2 amide bonds. The Morgan fingerprint density at radius 3 is 2.68 bits per heavy atom. The summed E-state index contributed by atoms with van der Waals surface area (Å²) < 4.78 is 0. The van der Waals surface area contributed by atoms with Crippen LogP contribution in [0.3, 0.4) is 0 Å². The van der Waals surface area contributed by atoms with E-state index in [1.807, 2.05) is 18.2 Å². The molecule has 25 heavy (non-hydrogen) atoms. The summed E-state index contributed by atoms with van der Waals surface area (Å²) in [6, 6.07) is 9.63. The van der Waals surface area contributed by atoms with E-state index in [9.17, 15) is 9.59 Å². The minimum atomic E-state index is -0.510. The number of aryl methyl sites for hydroxylation is 1. The molecule has 1 aromatic carbocycles. The molecule has 2 N–H and O–H groups in total. The number of nitrogens with one attached hydrogen (secondary N) is 2. The minimum Gasteiger partial charge on any atom is -0.357 e. The fourth-order valence-electron chi connectivity index (χ4n) is 3.18. The summed E-state index contributed by atoms with van der Waals surface area (Å²) in [7, 11) is 1.60. The number of hydrogen-bond acceptors (Lipinski definition) is 4. The summed E-state index contributed by atoms with van der Waals surface area (Å²) in [4.78, 5) is 29.1. The first-order chi connectivity index (χ1) is 12.1. The van der Waals surface area contributed by atoms with Crippen molar-refractivity contribution in [1.29, 1.82) is 0 Å². The molecule has 0 bridgehead atoms. The number of rotatable bonds is 4. The molecule has 0 spiro atoms. The number of H-pyrrole nitrogens is 1. The first-order valence-corrected chi connectivity index (χ1v) is 8.39. The van der Waals surface area contributed by atoms with Crippen molar-refractivity contribution in [1.82, 2.24) is 25.3 Å². The van der Waals surface area contributed by atoms with Crippen LogP contribution in [0.5, 0.6) is 0 Å². The van der Waals surface area contributed by atoms with Crippen molar-refractivity contribution in [3.63, 3.8) is 0 Å². The highest BCUT2D eigenvalue weighted by Gasteiger charge is 2.36. The van der Waals surface area contributed by atoms with E-state index < -0.39 is 6.04 Å². The number of hydrogen-bond donors (Lipinski definition) is 2. The van der Waals surface area contributed by atoms with E-state index >= 15 is 0 Å². The largest absolute Gasteiger partial charge is 0.357 e. The minimum absolute atomic E-state index is 0.146. The highest BCUT2D eigenvalue weighted by atomic mass is 16.2. The lowest BCUT2D eigenvalue weighted by atomic mass is 10.1. The highest BCUT2D eigenvalue weighted by Crippen LogP contribution is 2.17. The van der Waals surface area contributed by atoms with E-state index in [4.69, 9.17) is 0 Å². The van der Waals surface area contributed by atoms with E-state index in [1.165, 1.54) is 11.8 Å². The smallest absolute Gasteiger partial charge is 0.258 e. The van der Waals surface area contributed by atoms with Gasteiger partial charge in [0.25, 0.3) is 5.91 Å². The molecular weight excluding hydrogens is 318 g/mol. The standard InChI is InChI=1S/C18H23N5O2/c1-13-15(10-20-21-13)18(25)23-9-8-22(12-16(23)17(24)19-2)11-14-6-4-3-5-7-14/h3-7,10,16H,8-9,11-12H2,1-2H3,(H,19,24)(H,20,21). The van der Waals surface area contributed by atoms with Crippen LogP contribution in [0.15, 0.2) is 36.5 Å². The predicted molar refractivity (Wildman–Crippen MR) is 93.9 cm³/mol. The second-order valence-electron chi connectivity index (χ2n) is 6.26. The van der Waals surface area contributed by atoms with Crippen LogP contribution in [0, 0.1) is 6.92 Å². The van der Waals surface area contributed by atoms with E-state index in [2.05, 4.69) is 32.5 Å². The quantitative estimate of drug-likeness (QED) is 0.862. The first kappa shape index (κ1) is 17.2. The van der Waals surface area contributed by atoms with Crippen molar-refractivity contribution in [3.8, 4) is 0 Å². The molecule has 2 aromatic rings. The molecule has 0 radical (unpaired) electrons. The van der Waals surface area contributed by atoms with E-state index in [-0.39, 0.29) is 11.8 Å². The number of benzene rings is 1. The van der Waals surface area contributed by atoms with Crippen LogP contribution >= 0.6 is 0 Å². The number of likely N-dealkylation sites (N-methyl/N-ethyl adjacent to an activating group) is 1. The number of piperazine rings is 1. The number of nitrogens with zero attached hydrogens (tertiary/aromatic N) is 3. The second kappa shape index (κ2) is 7.48. The van der Waals surface area contributed by atoms with Crippen LogP contribution in [0.2, 0.25) is 0 Å². The van der Waals surface area contributed by atoms with Crippen LogP contribution in [0.25, 0.3) is 0 Å². The van der Waals surface area contributed by atoms with Crippen molar-refractivity contribution in [2.75, 3.05) is 26.7 Å². The van der Waals surface area contributed by atoms with Gasteiger partial charge in [-0.1, -0.05) is 30.3 Å². The zero-order valence-electron chi connectivity index (χ0n) is 14.5. The summed E-state index contributed by atoms with van der Waals surface area (Å²) in [5.41, 5.74) is 2.43. The fourth-order valence-corrected chi connectivity index (χ4v) is 3.18. The summed E-state index contributed by atoms with van der Waals surface area (Å²) in [5.74, 6) is -0.300. The van der Waals surface area contributed by atoms with Gasteiger partial charge in [0, 0.05) is 38.9 Å². The van der Waals surface area contributed by atoms with Crippen LogP contribution in [-0.2, 0) is 11.3 Å². The monoisotopic (exact) mass is 341 g/mol. The van der Waals surface area contributed by atoms with Gasteiger partial charge in [-0.25, -0.2) is 0 Å². The lowest BCUT2D eigenvalue weighted by molar-refractivity contribution is -0.127. The summed E-state index contributed by atoms with van der Waals surface area (Å²) >= 11 is 0. The average Bonchev–Trinajstić information content (AvgIpc) is 3.07.